The molecule has 0 spiro atoms. The molecule has 2 fully saturated rings. The predicted molar refractivity (Wildman–Crippen MR) is 131 cm³/mol. The van der Waals surface area contributed by atoms with Crippen LogP contribution < -0.4 is 4.90 Å². The number of ether oxygens (including phenoxy) is 1. The number of methoxy groups -OCH3 is 1. The highest BCUT2D eigenvalue weighted by Crippen LogP contribution is 2.34. The fraction of sp³-hybridized carbons (Fsp3) is 0.519. The van der Waals surface area contributed by atoms with Crippen LogP contribution in [0.3, 0.4) is 0 Å². The number of anilines is 1. The molecule has 2 aliphatic heterocycles. The summed E-state index contributed by atoms with van der Waals surface area (Å²) in [5.41, 5.74) is 4.13. The van der Waals surface area contributed by atoms with Gasteiger partial charge in [-0.15, -0.1) is 0 Å². The first kappa shape index (κ1) is 21.0. The zero-order valence-corrected chi connectivity index (χ0v) is 19.8. The van der Waals surface area contributed by atoms with Gasteiger partial charge in [-0.1, -0.05) is 24.6 Å². The van der Waals surface area contributed by atoms with Crippen LogP contribution in [0.15, 0.2) is 36.7 Å². The molecule has 6 heteroatoms. The van der Waals surface area contributed by atoms with Crippen molar-refractivity contribution < 1.29 is 9.84 Å². The Kier molecular flexibility index (Phi) is 5.11. The summed E-state index contributed by atoms with van der Waals surface area (Å²) in [6, 6.07) is 9.80. The zero-order valence-electron chi connectivity index (χ0n) is 19.8. The monoisotopic (exact) mass is 446 g/mol. The molecule has 1 saturated heterocycles. The lowest BCUT2D eigenvalue weighted by Crippen LogP contribution is -2.61. The number of benzene rings is 1. The van der Waals surface area contributed by atoms with Gasteiger partial charge in [0.2, 0.25) is 5.88 Å². The Morgan fingerprint density at radius 3 is 2.64 bits per heavy atom. The van der Waals surface area contributed by atoms with Gasteiger partial charge in [-0.3, -0.25) is 4.90 Å². The SMILES string of the molecule is COC1(C)CN(c2cc3cn(Cc4ccc5c(c4)CCN(C4CCC4)CC5)c(O)c3cn2)C1. The zero-order chi connectivity index (χ0) is 22.6. The highest BCUT2D eigenvalue weighted by Gasteiger charge is 2.39. The minimum absolute atomic E-state index is 0.0923. The quantitative estimate of drug-likeness (QED) is 0.643. The second-order valence-electron chi connectivity index (χ2n) is 10.4. The van der Waals surface area contributed by atoms with E-state index in [9.17, 15) is 5.11 Å². The van der Waals surface area contributed by atoms with E-state index in [-0.39, 0.29) is 5.60 Å². The van der Waals surface area contributed by atoms with Crippen LogP contribution in [0.4, 0.5) is 5.82 Å². The van der Waals surface area contributed by atoms with Crippen molar-refractivity contribution in [3.05, 3.63) is 53.3 Å². The van der Waals surface area contributed by atoms with Crippen molar-refractivity contribution in [3.63, 3.8) is 0 Å². The van der Waals surface area contributed by atoms with Gasteiger partial charge in [-0.05, 0) is 55.4 Å². The van der Waals surface area contributed by atoms with Crippen molar-refractivity contribution in [1.82, 2.24) is 14.5 Å². The largest absolute Gasteiger partial charge is 0.494 e. The smallest absolute Gasteiger partial charge is 0.200 e. The average molecular weight is 447 g/mol. The summed E-state index contributed by atoms with van der Waals surface area (Å²) in [6.07, 6.45) is 10.3. The first-order valence-corrected chi connectivity index (χ1v) is 12.3. The maximum absolute atomic E-state index is 10.9. The van der Waals surface area contributed by atoms with Crippen molar-refractivity contribution in [2.75, 3.05) is 38.2 Å². The molecular formula is C27H34N4O2. The lowest BCUT2D eigenvalue weighted by Gasteiger charge is -2.47. The first-order valence-electron chi connectivity index (χ1n) is 12.3. The van der Waals surface area contributed by atoms with Crippen LogP contribution in [-0.4, -0.2) is 64.5 Å². The van der Waals surface area contributed by atoms with E-state index in [1.165, 1.54) is 49.0 Å². The Balaban J connectivity index is 1.20. The third kappa shape index (κ3) is 3.79. The molecule has 174 valence electrons. The number of hydrogen-bond donors (Lipinski definition) is 1. The molecule has 1 aromatic carbocycles. The lowest BCUT2D eigenvalue weighted by atomic mass is 9.91. The molecule has 3 aliphatic rings. The average Bonchev–Trinajstić information content (AvgIpc) is 2.93. The third-order valence-electron chi connectivity index (χ3n) is 8.15. The van der Waals surface area contributed by atoms with Gasteiger partial charge >= 0.3 is 0 Å². The molecule has 0 unspecified atom stereocenters. The van der Waals surface area contributed by atoms with Gasteiger partial charge in [-0.2, -0.15) is 0 Å². The van der Waals surface area contributed by atoms with Gasteiger partial charge in [0.15, 0.2) is 0 Å². The van der Waals surface area contributed by atoms with E-state index in [1.807, 2.05) is 4.57 Å². The maximum Gasteiger partial charge on any atom is 0.200 e. The van der Waals surface area contributed by atoms with Crippen LogP contribution in [0.2, 0.25) is 0 Å². The number of aromatic hydroxyl groups is 1. The van der Waals surface area contributed by atoms with Crippen molar-refractivity contribution >= 4 is 16.6 Å². The molecule has 1 N–H and O–H groups in total. The van der Waals surface area contributed by atoms with Crippen molar-refractivity contribution in [3.8, 4) is 5.88 Å². The normalized spacial score (nSPS) is 20.8. The summed E-state index contributed by atoms with van der Waals surface area (Å²) < 4.78 is 7.51. The summed E-state index contributed by atoms with van der Waals surface area (Å²) in [5, 5.41) is 12.7. The van der Waals surface area contributed by atoms with Gasteiger partial charge < -0.3 is 19.3 Å². The molecule has 0 bridgehead atoms. The number of aromatic nitrogens is 2. The second kappa shape index (κ2) is 8.03. The number of nitrogens with zero attached hydrogens (tertiary/aromatic N) is 4. The van der Waals surface area contributed by atoms with Crippen molar-refractivity contribution in [2.24, 2.45) is 0 Å². The molecule has 33 heavy (non-hydrogen) atoms. The third-order valence-corrected chi connectivity index (χ3v) is 8.15. The van der Waals surface area contributed by atoms with E-state index in [0.29, 0.717) is 12.4 Å². The van der Waals surface area contributed by atoms with Gasteiger partial charge in [0.05, 0.1) is 17.5 Å². The van der Waals surface area contributed by atoms with Gasteiger partial charge in [0, 0.05) is 57.1 Å². The standard InChI is InChI=1S/C27H34N4O2/c1-27(33-2)17-31(18-27)25-13-22-16-30(26(32)24(22)14-28-25)15-19-6-7-20-8-10-29(23-4-3-5-23)11-9-21(20)12-19/h6-7,12-14,16,23,32H,3-5,8-11,15,17-18H2,1-2H3. The molecule has 1 aliphatic carbocycles. The molecule has 1 saturated carbocycles. The second-order valence-corrected chi connectivity index (χ2v) is 10.4. The van der Waals surface area contributed by atoms with Crippen LogP contribution >= 0.6 is 0 Å². The number of fused-ring (bicyclic) bond motifs is 2. The van der Waals surface area contributed by atoms with Gasteiger partial charge in [-0.25, -0.2) is 4.98 Å². The van der Waals surface area contributed by atoms with E-state index < -0.39 is 0 Å². The van der Waals surface area contributed by atoms with Crippen LogP contribution in [0.5, 0.6) is 5.88 Å². The summed E-state index contributed by atoms with van der Waals surface area (Å²) >= 11 is 0. The Morgan fingerprint density at radius 1 is 1.12 bits per heavy atom. The van der Waals surface area contributed by atoms with E-state index in [0.717, 1.165) is 48.6 Å². The van der Waals surface area contributed by atoms with Crippen molar-refractivity contribution in [1.29, 1.82) is 0 Å². The molecular weight excluding hydrogens is 412 g/mol. The highest BCUT2D eigenvalue weighted by atomic mass is 16.5. The van der Waals surface area contributed by atoms with Crippen LogP contribution in [-0.2, 0) is 24.1 Å². The highest BCUT2D eigenvalue weighted by molar-refractivity contribution is 5.89. The summed E-state index contributed by atoms with van der Waals surface area (Å²) in [4.78, 5) is 9.52. The molecule has 0 amide bonds. The van der Waals surface area contributed by atoms with Crippen LogP contribution in [0, 0.1) is 0 Å². The van der Waals surface area contributed by atoms with Crippen LogP contribution in [0.25, 0.3) is 10.8 Å². The lowest BCUT2D eigenvalue weighted by molar-refractivity contribution is -0.0171. The summed E-state index contributed by atoms with van der Waals surface area (Å²) in [5.74, 6) is 1.23. The first-order chi connectivity index (χ1) is 16.0. The topological polar surface area (TPSA) is 53.8 Å². The molecule has 2 aromatic heterocycles. The minimum atomic E-state index is -0.0923. The van der Waals surface area contributed by atoms with E-state index in [4.69, 9.17) is 4.74 Å². The molecule has 0 radical (unpaired) electrons. The Labute approximate surface area is 195 Å². The number of rotatable bonds is 5. The molecule has 4 heterocycles. The van der Waals surface area contributed by atoms with Crippen molar-refractivity contribution in [2.45, 2.75) is 57.2 Å². The van der Waals surface area contributed by atoms with Crippen LogP contribution in [0.1, 0.15) is 42.9 Å². The van der Waals surface area contributed by atoms with E-state index >= 15 is 0 Å². The maximum atomic E-state index is 10.9. The number of hydrogen-bond acceptors (Lipinski definition) is 5. The van der Waals surface area contributed by atoms with E-state index in [2.05, 4.69) is 52.2 Å². The fourth-order valence-corrected chi connectivity index (χ4v) is 5.69. The Morgan fingerprint density at radius 2 is 1.91 bits per heavy atom. The predicted octanol–water partition coefficient (Wildman–Crippen LogP) is 3.97. The molecule has 0 atom stereocenters. The molecule has 3 aromatic rings. The fourth-order valence-electron chi connectivity index (χ4n) is 5.69. The summed E-state index contributed by atoms with van der Waals surface area (Å²) in [6.45, 7) is 6.82. The summed E-state index contributed by atoms with van der Waals surface area (Å²) in [7, 11) is 1.76. The Hall–Kier alpha value is -2.57. The number of pyridine rings is 1. The van der Waals surface area contributed by atoms with E-state index in [1.54, 1.807) is 13.3 Å². The molecule has 6 nitrogen and oxygen atoms in total. The Bertz CT molecular complexity index is 1180. The minimum Gasteiger partial charge on any atom is -0.494 e. The van der Waals surface area contributed by atoms with Gasteiger partial charge in [0.1, 0.15) is 5.82 Å². The van der Waals surface area contributed by atoms with Gasteiger partial charge in [0.25, 0.3) is 0 Å². The molecule has 6 rings (SSSR count).